The number of hydrogen-bond acceptors (Lipinski definition) is 2. The van der Waals surface area contributed by atoms with Crippen molar-refractivity contribution in [1.82, 2.24) is 0 Å². The third kappa shape index (κ3) is 13.4. The largest absolute Gasteiger partial charge is 0.398 e. The highest BCUT2D eigenvalue weighted by Crippen LogP contribution is 1.99. The molecule has 0 aliphatic carbocycles. The van der Waals surface area contributed by atoms with Crippen LogP contribution in [0.4, 0.5) is 0 Å². The van der Waals surface area contributed by atoms with Gasteiger partial charge in [-0.3, -0.25) is 0 Å². The molecule has 0 rings (SSSR count). The summed E-state index contributed by atoms with van der Waals surface area (Å²) in [6.45, 7) is 6.03. The molecule has 0 saturated heterocycles. The second-order valence-corrected chi connectivity index (χ2v) is 6.49. The van der Waals surface area contributed by atoms with Gasteiger partial charge in [0.1, 0.15) is 0 Å². The maximum absolute atomic E-state index is 5.19. The van der Waals surface area contributed by atoms with Crippen LogP contribution >= 0.6 is 11.6 Å². The van der Waals surface area contributed by atoms with Crippen molar-refractivity contribution in [3.8, 4) is 0 Å². The van der Waals surface area contributed by atoms with Crippen LogP contribution in [0.1, 0.15) is 13.3 Å². The van der Waals surface area contributed by atoms with E-state index < -0.39 is 8.56 Å². The molecule has 0 atom stereocenters. The second kappa shape index (κ2) is 8.52. The first-order chi connectivity index (χ1) is 5.04. The molecule has 2 nitrogen and oxygen atoms in total. The van der Waals surface area contributed by atoms with Crippen molar-refractivity contribution in [2.24, 2.45) is 0 Å². The van der Waals surface area contributed by atoms with Gasteiger partial charge in [0.25, 0.3) is 0 Å². The van der Waals surface area contributed by atoms with Gasteiger partial charge in [-0.15, -0.1) is 11.6 Å². The van der Waals surface area contributed by atoms with E-state index in [2.05, 4.69) is 0 Å². The molecule has 0 N–H and O–H groups in total. The quantitative estimate of drug-likeness (QED) is 0.513. The van der Waals surface area contributed by atoms with E-state index in [1.165, 1.54) is 0 Å². The molecule has 0 saturated carbocycles. The Hall–Kier alpha value is 0.427. The van der Waals surface area contributed by atoms with E-state index in [1.54, 1.807) is 14.2 Å². The Morgan fingerprint density at radius 3 is 1.45 bits per heavy atom. The molecule has 0 heterocycles. The molecule has 11 heavy (non-hydrogen) atoms. The van der Waals surface area contributed by atoms with Crippen LogP contribution < -0.4 is 0 Å². The summed E-state index contributed by atoms with van der Waals surface area (Å²) in [6.07, 6.45) is 1.08. The first-order valence-electron chi connectivity index (χ1n) is 3.70. The van der Waals surface area contributed by atoms with Gasteiger partial charge in [0.15, 0.2) is 0 Å². The van der Waals surface area contributed by atoms with Gasteiger partial charge in [-0.1, -0.05) is 6.92 Å². The molecule has 0 aromatic heterocycles. The summed E-state index contributed by atoms with van der Waals surface area (Å²) in [7, 11) is 1.70. The van der Waals surface area contributed by atoms with Gasteiger partial charge in [0, 0.05) is 20.1 Å². The van der Waals surface area contributed by atoms with E-state index >= 15 is 0 Å². The summed E-state index contributed by atoms with van der Waals surface area (Å²) >= 11 is 5.19. The highest BCUT2D eigenvalue weighted by Gasteiger charge is 2.19. The fourth-order valence-corrected chi connectivity index (χ4v) is 0.250. The Bertz CT molecular complexity index is 70.8. The van der Waals surface area contributed by atoms with Gasteiger partial charge in [-0.2, -0.15) is 0 Å². The van der Waals surface area contributed by atoms with E-state index in [1.807, 2.05) is 20.0 Å². The van der Waals surface area contributed by atoms with E-state index in [0.717, 1.165) is 12.3 Å². The first kappa shape index (κ1) is 14.0. The summed E-state index contributed by atoms with van der Waals surface area (Å²) in [6, 6.07) is 0. The minimum Gasteiger partial charge on any atom is -0.398 e. The standard InChI is InChI=1S/C4H12O2Si.C3H7Cl/c1-5-7(3,4)6-2;1-2-3-4/h1-4H3;2-3H2,1H3. The highest BCUT2D eigenvalue weighted by atomic mass is 35.5. The zero-order chi connectivity index (χ0) is 9.33. The Morgan fingerprint density at radius 2 is 1.45 bits per heavy atom. The molecular formula is C7H19ClO2Si. The third-order valence-electron chi connectivity index (χ3n) is 1.17. The van der Waals surface area contributed by atoms with Crippen LogP contribution in [-0.4, -0.2) is 28.7 Å². The molecule has 0 radical (unpaired) electrons. The number of halogens is 1. The maximum atomic E-state index is 5.19. The van der Waals surface area contributed by atoms with Gasteiger partial charge in [0.05, 0.1) is 0 Å². The van der Waals surface area contributed by atoms with Crippen LogP contribution in [0.15, 0.2) is 0 Å². The molecule has 0 fully saturated rings. The van der Waals surface area contributed by atoms with E-state index in [0.29, 0.717) is 0 Å². The topological polar surface area (TPSA) is 18.5 Å². The van der Waals surface area contributed by atoms with E-state index in [9.17, 15) is 0 Å². The normalized spacial score (nSPS) is 10.4. The minimum absolute atomic E-state index is 0.792. The monoisotopic (exact) mass is 198 g/mol. The van der Waals surface area contributed by atoms with Crippen molar-refractivity contribution in [1.29, 1.82) is 0 Å². The fourth-order valence-electron chi connectivity index (χ4n) is 0.0833. The molecule has 0 spiro atoms. The maximum Gasteiger partial charge on any atom is 0.331 e. The Morgan fingerprint density at radius 1 is 1.18 bits per heavy atom. The van der Waals surface area contributed by atoms with Crippen molar-refractivity contribution < 1.29 is 8.85 Å². The lowest BCUT2D eigenvalue weighted by molar-refractivity contribution is 0.258. The molecule has 4 heteroatoms. The van der Waals surface area contributed by atoms with Gasteiger partial charge in [-0.25, -0.2) is 0 Å². The van der Waals surface area contributed by atoms with Gasteiger partial charge >= 0.3 is 8.56 Å². The van der Waals surface area contributed by atoms with Crippen LogP contribution in [0.2, 0.25) is 13.1 Å². The highest BCUT2D eigenvalue weighted by molar-refractivity contribution is 6.64. The summed E-state index contributed by atoms with van der Waals surface area (Å²) in [5, 5.41) is 0. The lowest BCUT2D eigenvalue weighted by atomic mass is 10.6. The molecule has 70 valence electrons. The predicted octanol–water partition coefficient (Wildman–Crippen LogP) is 2.62. The lowest BCUT2D eigenvalue weighted by Gasteiger charge is -2.15. The van der Waals surface area contributed by atoms with Crippen LogP contribution in [-0.2, 0) is 8.85 Å². The summed E-state index contributed by atoms with van der Waals surface area (Å²) in [4.78, 5) is 0. The molecule has 0 aliphatic heterocycles. The zero-order valence-electron chi connectivity index (χ0n) is 8.11. The van der Waals surface area contributed by atoms with Crippen LogP contribution in [0.25, 0.3) is 0 Å². The van der Waals surface area contributed by atoms with Gasteiger partial charge < -0.3 is 8.85 Å². The van der Waals surface area contributed by atoms with Gasteiger partial charge in [0.2, 0.25) is 0 Å². The average Bonchev–Trinajstić information content (AvgIpc) is 2.05. The zero-order valence-corrected chi connectivity index (χ0v) is 9.86. The summed E-state index contributed by atoms with van der Waals surface area (Å²) < 4.78 is 10.0. The first-order valence-corrected chi connectivity index (χ1v) is 7.05. The Labute approximate surface area is 76.1 Å². The van der Waals surface area contributed by atoms with Gasteiger partial charge in [-0.05, 0) is 19.5 Å². The van der Waals surface area contributed by atoms with Crippen LogP contribution in [0, 0.1) is 0 Å². The Balaban J connectivity index is 0. The van der Waals surface area contributed by atoms with Crippen molar-refractivity contribution in [3.63, 3.8) is 0 Å². The van der Waals surface area contributed by atoms with E-state index in [4.69, 9.17) is 20.5 Å². The lowest BCUT2D eigenvalue weighted by Crippen LogP contribution is -2.31. The van der Waals surface area contributed by atoms with Crippen molar-refractivity contribution in [2.75, 3.05) is 20.1 Å². The van der Waals surface area contributed by atoms with E-state index in [-0.39, 0.29) is 0 Å². The molecule has 0 aliphatic rings. The number of rotatable bonds is 3. The molecule has 0 aromatic rings. The summed E-state index contributed by atoms with van der Waals surface area (Å²) in [5.74, 6) is 0.792. The van der Waals surface area contributed by atoms with Crippen LogP contribution in [0.3, 0.4) is 0 Å². The molecular weight excluding hydrogens is 180 g/mol. The molecule has 0 amide bonds. The third-order valence-corrected chi connectivity index (χ3v) is 3.52. The minimum atomic E-state index is -1.65. The Kier molecular flexibility index (Phi) is 10.8. The number of hydrogen-bond donors (Lipinski definition) is 0. The SMILES string of the molecule is CCCCl.CO[Si](C)(C)OC. The fraction of sp³-hybridized carbons (Fsp3) is 1.00. The average molecular weight is 199 g/mol. The van der Waals surface area contributed by atoms with Crippen molar-refractivity contribution >= 4 is 20.2 Å². The molecule has 0 aromatic carbocycles. The van der Waals surface area contributed by atoms with Crippen molar-refractivity contribution in [3.05, 3.63) is 0 Å². The summed E-state index contributed by atoms with van der Waals surface area (Å²) in [5.41, 5.74) is 0. The van der Waals surface area contributed by atoms with Crippen molar-refractivity contribution in [2.45, 2.75) is 26.4 Å². The van der Waals surface area contributed by atoms with Crippen LogP contribution in [0.5, 0.6) is 0 Å². The second-order valence-electron chi connectivity index (χ2n) is 2.50. The molecule has 0 unspecified atom stereocenters. The number of alkyl halides is 1. The predicted molar refractivity (Wildman–Crippen MR) is 52.5 cm³/mol. The molecule has 0 bridgehead atoms. The smallest absolute Gasteiger partial charge is 0.331 e.